The van der Waals surface area contributed by atoms with Crippen molar-refractivity contribution in [2.24, 2.45) is 5.92 Å². The number of nitrogens with one attached hydrogen (secondary N) is 2. The van der Waals surface area contributed by atoms with Gasteiger partial charge >= 0.3 is 0 Å². The van der Waals surface area contributed by atoms with Gasteiger partial charge in [0.15, 0.2) is 0 Å². The number of hydrogen-bond donors (Lipinski definition) is 2. The van der Waals surface area contributed by atoms with Crippen molar-refractivity contribution in [1.29, 1.82) is 0 Å². The largest absolute Gasteiger partial charge is 0.349 e. The topological polar surface area (TPSA) is 41.1 Å². The molecule has 2 saturated carbocycles. The second kappa shape index (κ2) is 9.14. The highest BCUT2D eigenvalue weighted by molar-refractivity contribution is 6.31. The van der Waals surface area contributed by atoms with Crippen LogP contribution in [0, 0.1) is 11.7 Å². The van der Waals surface area contributed by atoms with Crippen LogP contribution in [0.5, 0.6) is 0 Å². The van der Waals surface area contributed by atoms with Crippen molar-refractivity contribution >= 4 is 17.5 Å². The Bertz CT molecular complexity index is 602. The van der Waals surface area contributed by atoms with Gasteiger partial charge in [-0.1, -0.05) is 30.9 Å². The maximum atomic E-state index is 14.4. The third-order valence-electron chi connectivity index (χ3n) is 5.66. The molecule has 2 fully saturated rings. The summed E-state index contributed by atoms with van der Waals surface area (Å²) in [6, 6.07) is 4.06. The van der Waals surface area contributed by atoms with Crippen LogP contribution in [0.25, 0.3) is 0 Å². The number of benzene rings is 1. The van der Waals surface area contributed by atoms with E-state index in [9.17, 15) is 13.6 Å². The summed E-state index contributed by atoms with van der Waals surface area (Å²) in [5.74, 6) is -0.640. The van der Waals surface area contributed by atoms with Gasteiger partial charge in [0.05, 0.1) is 0 Å². The van der Waals surface area contributed by atoms with Crippen molar-refractivity contribution in [2.45, 2.75) is 69.6 Å². The first-order valence-electron chi connectivity index (χ1n) is 9.65. The molecule has 1 aromatic rings. The lowest BCUT2D eigenvalue weighted by Crippen LogP contribution is -2.38. The first-order valence-corrected chi connectivity index (χ1v) is 10.0. The molecule has 2 aliphatic carbocycles. The molecular weight excluding hydrogens is 358 g/mol. The standard InChI is InChI=1S/C20H27ClF2N2O/c21-15-8-14(9-16(22)10-15)20(26)25-18-7-6-17(11-18)24-12-19(23)13-4-2-1-3-5-13/h8-10,13,17-19,24H,1-7,11-12H2,(H,25,26)/t17-,18-,19?/m0/s1. The third kappa shape index (κ3) is 5.40. The van der Waals surface area contributed by atoms with Crippen LogP contribution >= 0.6 is 11.6 Å². The fourth-order valence-electron chi connectivity index (χ4n) is 4.19. The van der Waals surface area contributed by atoms with E-state index >= 15 is 0 Å². The minimum atomic E-state index is -0.779. The van der Waals surface area contributed by atoms with E-state index in [0.29, 0.717) is 6.54 Å². The summed E-state index contributed by atoms with van der Waals surface area (Å²) in [6.07, 6.45) is 7.27. The van der Waals surface area contributed by atoms with Gasteiger partial charge in [-0.05, 0) is 56.2 Å². The number of carbonyl (C=O) groups is 1. The Hall–Kier alpha value is -1.20. The van der Waals surface area contributed by atoms with Crippen LogP contribution in [0.4, 0.5) is 8.78 Å². The first kappa shape index (κ1) is 19.6. The smallest absolute Gasteiger partial charge is 0.251 e. The van der Waals surface area contributed by atoms with Crippen LogP contribution < -0.4 is 10.6 Å². The van der Waals surface area contributed by atoms with Crippen molar-refractivity contribution in [3.05, 3.63) is 34.6 Å². The molecule has 3 rings (SSSR count). The summed E-state index contributed by atoms with van der Waals surface area (Å²) in [4.78, 5) is 12.3. The van der Waals surface area contributed by atoms with Crippen molar-refractivity contribution in [1.82, 2.24) is 10.6 Å². The molecule has 0 aromatic heterocycles. The third-order valence-corrected chi connectivity index (χ3v) is 5.87. The van der Waals surface area contributed by atoms with Crippen molar-refractivity contribution in [3.63, 3.8) is 0 Å². The number of amides is 1. The predicted molar refractivity (Wildman–Crippen MR) is 99.8 cm³/mol. The van der Waals surface area contributed by atoms with Crippen LogP contribution in [0.2, 0.25) is 5.02 Å². The van der Waals surface area contributed by atoms with Gasteiger partial charge in [0, 0.05) is 29.2 Å². The number of halogens is 3. The minimum Gasteiger partial charge on any atom is -0.349 e. The molecule has 0 heterocycles. The van der Waals surface area contributed by atoms with Gasteiger partial charge in [0.2, 0.25) is 0 Å². The van der Waals surface area contributed by atoms with E-state index in [0.717, 1.165) is 44.9 Å². The van der Waals surface area contributed by atoms with Crippen LogP contribution in [0.1, 0.15) is 61.7 Å². The molecule has 0 aliphatic heterocycles. The highest BCUT2D eigenvalue weighted by atomic mass is 35.5. The Morgan fingerprint density at radius 2 is 1.85 bits per heavy atom. The molecule has 1 unspecified atom stereocenters. The van der Waals surface area contributed by atoms with Crippen LogP contribution in [0.15, 0.2) is 18.2 Å². The summed E-state index contributed by atoms with van der Waals surface area (Å²) in [6.45, 7) is 0.398. The minimum absolute atomic E-state index is 0.0229. The fraction of sp³-hybridized carbons (Fsp3) is 0.650. The summed E-state index contributed by atoms with van der Waals surface area (Å²) >= 11 is 5.80. The second-order valence-electron chi connectivity index (χ2n) is 7.66. The molecule has 2 N–H and O–H groups in total. The van der Waals surface area contributed by atoms with Gasteiger partial charge in [-0.3, -0.25) is 4.79 Å². The molecule has 26 heavy (non-hydrogen) atoms. The number of carbonyl (C=O) groups excluding carboxylic acids is 1. The molecule has 0 bridgehead atoms. The summed E-state index contributed by atoms with van der Waals surface area (Å²) in [5.41, 5.74) is 0.229. The zero-order chi connectivity index (χ0) is 18.5. The van der Waals surface area contributed by atoms with E-state index in [4.69, 9.17) is 11.6 Å². The zero-order valence-corrected chi connectivity index (χ0v) is 15.7. The quantitative estimate of drug-likeness (QED) is 0.750. The Morgan fingerprint density at radius 1 is 1.12 bits per heavy atom. The highest BCUT2D eigenvalue weighted by Crippen LogP contribution is 2.28. The monoisotopic (exact) mass is 384 g/mol. The molecule has 3 atom stereocenters. The van der Waals surface area contributed by atoms with Crippen LogP contribution in [-0.2, 0) is 0 Å². The highest BCUT2D eigenvalue weighted by Gasteiger charge is 2.28. The predicted octanol–water partition coefficient (Wildman–Crippen LogP) is 4.64. The van der Waals surface area contributed by atoms with E-state index in [2.05, 4.69) is 10.6 Å². The molecule has 0 spiro atoms. The molecule has 144 valence electrons. The summed E-state index contributed by atoms with van der Waals surface area (Å²) < 4.78 is 27.7. The van der Waals surface area contributed by atoms with Gasteiger partial charge in [-0.25, -0.2) is 8.78 Å². The van der Waals surface area contributed by atoms with Crippen molar-refractivity contribution in [3.8, 4) is 0 Å². The van der Waals surface area contributed by atoms with Gasteiger partial charge < -0.3 is 10.6 Å². The summed E-state index contributed by atoms with van der Waals surface area (Å²) in [5, 5.41) is 6.47. The van der Waals surface area contributed by atoms with Crippen LogP contribution in [0.3, 0.4) is 0 Å². The Kier molecular flexibility index (Phi) is 6.87. The Labute approximate surface area is 158 Å². The zero-order valence-electron chi connectivity index (χ0n) is 14.9. The number of alkyl halides is 1. The SMILES string of the molecule is O=C(N[C@H]1CC[C@H](NCC(F)C2CCCCC2)C1)c1cc(F)cc(Cl)c1. The van der Waals surface area contributed by atoms with Crippen molar-refractivity contribution in [2.75, 3.05) is 6.54 Å². The number of hydrogen-bond acceptors (Lipinski definition) is 2. The molecule has 6 heteroatoms. The fourth-order valence-corrected chi connectivity index (χ4v) is 4.42. The molecule has 0 radical (unpaired) electrons. The lowest BCUT2D eigenvalue weighted by molar-refractivity contribution is 0.0936. The molecule has 3 nitrogen and oxygen atoms in total. The van der Waals surface area contributed by atoms with Gasteiger partial charge in [-0.15, -0.1) is 0 Å². The average Bonchev–Trinajstić information content (AvgIpc) is 3.07. The first-order chi connectivity index (χ1) is 12.5. The molecule has 0 saturated heterocycles. The van der Waals surface area contributed by atoms with Crippen molar-refractivity contribution < 1.29 is 13.6 Å². The maximum Gasteiger partial charge on any atom is 0.251 e. The molecule has 2 aliphatic rings. The van der Waals surface area contributed by atoms with E-state index in [1.54, 1.807) is 0 Å². The van der Waals surface area contributed by atoms with E-state index in [1.165, 1.54) is 24.6 Å². The van der Waals surface area contributed by atoms with E-state index in [1.807, 2.05) is 0 Å². The lowest BCUT2D eigenvalue weighted by atomic mass is 9.86. The van der Waals surface area contributed by atoms with Gasteiger partial charge in [-0.2, -0.15) is 0 Å². The average molecular weight is 385 g/mol. The maximum absolute atomic E-state index is 14.4. The van der Waals surface area contributed by atoms with E-state index < -0.39 is 12.0 Å². The normalized spacial score (nSPS) is 25.2. The Morgan fingerprint density at radius 3 is 2.58 bits per heavy atom. The van der Waals surface area contributed by atoms with E-state index in [-0.39, 0.29) is 34.5 Å². The molecule has 1 amide bonds. The number of rotatable bonds is 6. The Balaban J connectivity index is 1.42. The molecular formula is C20H27ClF2N2O. The lowest BCUT2D eigenvalue weighted by Gasteiger charge is -2.26. The van der Waals surface area contributed by atoms with Gasteiger partial charge in [0.25, 0.3) is 5.91 Å². The molecule has 1 aromatic carbocycles. The second-order valence-corrected chi connectivity index (χ2v) is 8.10. The van der Waals surface area contributed by atoms with Gasteiger partial charge in [0.1, 0.15) is 12.0 Å². The summed E-state index contributed by atoms with van der Waals surface area (Å²) in [7, 11) is 0. The van der Waals surface area contributed by atoms with Crippen LogP contribution in [-0.4, -0.2) is 30.7 Å².